The summed E-state index contributed by atoms with van der Waals surface area (Å²) in [5.41, 5.74) is 2.43. The molecular weight excluding hydrogens is 410 g/mol. The molecule has 0 saturated carbocycles. The van der Waals surface area contributed by atoms with Crippen molar-refractivity contribution in [3.05, 3.63) is 53.6 Å². The molecule has 2 aliphatic rings. The Bertz CT molecular complexity index is 1080. The number of rotatable bonds is 5. The summed E-state index contributed by atoms with van der Waals surface area (Å²) in [5.74, 6) is 0.598. The minimum absolute atomic E-state index is 0.00121. The molecule has 2 heterocycles. The molecule has 0 radical (unpaired) electrons. The van der Waals surface area contributed by atoms with Gasteiger partial charge in [-0.3, -0.25) is 4.79 Å². The highest BCUT2D eigenvalue weighted by Gasteiger charge is 2.33. The maximum Gasteiger partial charge on any atom is 0.257 e. The molecule has 0 aliphatic carbocycles. The van der Waals surface area contributed by atoms with Crippen LogP contribution in [0.4, 0.5) is 5.69 Å². The van der Waals surface area contributed by atoms with Crippen LogP contribution in [0.3, 0.4) is 0 Å². The van der Waals surface area contributed by atoms with Crippen LogP contribution in [0.15, 0.2) is 51.8 Å². The average molecular weight is 432 g/mol. The fraction of sp³-hybridized carbons (Fsp3) is 0.300. The van der Waals surface area contributed by atoms with E-state index in [2.05, 4.69) is 9.71 Å². The Labute approximate surface area is 174 Å². The van der Waals surface area contributed by atoms with Crippen molar-refractivity contribution in [2.75, 3.05) is 24.3 Å². The fourth-order valence-corrected chi connectivity index (χ4v) is 5.67. The molecule has 2 aliphatic heterocycles. The second-order valence-electron chi connectivity index (χ2n) is 6.80. The molecule has 7 nitrogen and oxygen atoms in total. The number of nitrogens with one attached hydrogen (secondary N) is 1. The zero-order valence-electron chi connectivity index (χ0n) is 16.1. The van der Waals surface area contributed by atoms with Gasteiger partial charge in [0, 0.05) is 17.0 Å². The summed E-state index contributed by atoms with van der Waals surface area (Å²) in [6.07, 6.45) is 0.750. The third-order valence-corrected chi connectivity index (χ3v) is 7.27. The summed E-state index contributed by atoms with van der Waals surface area (Å²) >= 11 is 1.28. The third-order valence-electron chi connectivity index (χ3n) is 4.97. The lowest BCUT2D eigenvalue weighted by Gasteiger charge is -2.22. The van der Waals surface area contributed by atoms with E-state index in [1.807, 2.05) is 42.2 Å². The van der Waals surface area contributed by atoms with E-state index in [1.54, 1.807) is 19.2 Å². The van der Waals surface area contributed by atoms with Crippen LogP contribution < -0.4 is 15.0 Å². The Morgan fingerprint density at radius 2 is 2.03 bits per heavy atom. The van der Waals surface area contributed by atoms with Gasteiger partial charge in [0.25, 0.3) is 15.9 Å². The molecule has 1 unspecified atom stereocenters. The number of ether oxygens (including phenoxy) is 1. The third kappa shape index (κ3) is 3.97. The van der Waals surface area contributed by atoms with Gasteiger partial charge in [0.2, 0.25) is 0 Å². The lowest BCUT2D eigenvalue weighted by Crippen LogP contribution is -2.35. The van der Waals surface area contributed by atoms with Gasteiger partial charge in [-0.25, -0.2) is 8.42 Å². The molecule has 1 atom stereocenters. The van der Waals surface area contributed by atoms with Gasteiger partial charge in [0.1, 0.15) is 5.75 Å². The first-order valence-electron chi connectivity index (χ1n) is 9.27. The van der Waals surface area contributed by atoms with E-state index in [1.165, 1.54) is 11.8 Å². The van der Waals surface area contributed by atoms with Crippen molar-refractivity contribution in [1.82, 2.24) is 5.32 Å². The maximum atomic E-state index is 12.8. The Morgan fingerprint density at radius 3 is 2.72 bits per heavy atom. The number of sulfonamides is 1. The topological polar surface area (TPSA) is 88.1 Å². The van der Waals surface area contributed by atoms with Crippen LogP contribution in [0.5, 0.6) is 5.75 Å². The number of amidine groups is 1. The highest BCUT2D eigenvalue weighted by atomic mass is 32.2. The molecule has 0 saturated heterocycles. The number of thioether (sulfide) groups is 1. The van der Waals surface area contributed by atoms with E-state index >= 15 is 0 Å². The summed E-state index contributed by atoms with van der Waals surface area (Å²) in [5, 5.41) is 3.53. The quantitative estimate of drug-likeness (QED) is 0.782. The van der Waals surface area contributed by atoms with Crippen LogP contribution >= 0.6 is 11.8 Å². The zero-order chi connectivity index (χ0) is 20.6. The van der Waals surface area contributed by atoms with Crippen molar-refractivity contribution in [3.63, 3.8) is 0 Å². The number of benzene rings is 2. The fourth-order valence-electron chi connectivity index (χ4n) is 3.37. The molecule has 2 aromatic rings. The standard InChI is InChI=1S/C20H21N3O4S2/c1-3-16(13-4-7-15(27-2)8-5-13)21-19(24)14-6-9-17-18(12-14)28-20-22-29(25,26)11-10-23(17)20/h4-9,12,16H,3,10-11H2,1-2H3,(H,21,24). The first kappa shape index (κ1) is 19.8. The van der Waals surface area contributed by atoms with E-state index in [9.17, 15) is 13.2 Å². The SMILES string of the molecule is CCC(NC(=O)c1ccc2c(c1)SC1=NS(=O)(=O)CCN12)c1ccc(OC)cc1. The molecular formula is C20H21N3O4S2. The van der Waals surface area contributed by atoms with Gasteiger partial charge in [0.15, 0.2) is 5.17 Å². The summed E-state index contributed by atoms with van der Waals surface area (Å²) in [4.78, 5) is 15.6. The number of fused-ring (bicyclic) bond motifs is 3. The Morgan fingerprint density at radius 1 is 1.28 bits per heavy atom. The van der Waals surface area contributed by atoms with Gasteiger partial charge in [-0.05, 0) is 54.1 Å². The maximum absolute atomic E-state index is 12.8. The summed E-state index contributed by atoms with van der Waals surface area (Å²) in [6.45, 7) is 2.40. The zero-order valence-corrected chi connectivity index (χ0v) is 17.7. The van der Waals surface area contributed by atoms with Crippen molar-refractivity contribution in [1.29, 1.82) is 0 Å². The normalized spacial score (nSPS) is 17.7. The van der Waals surface area contributed by atoms with Crippen LogP contribution in [-0.2, 0) is 10.0 Å². The second kappa shape index (κ2) is 7.72. The molecule has 1 amide bonds. The number of hydrogen-bond donors (Lipinski definition) is 1. The van der Waals surface area contributed by atoms with E-state index < -0.39 is 10.0 Å². The number of carbonyl (C=O) groups excluding carboxylic acids is 1. The van der Waals surface area contributed by atoms with Gasteiger partial charge < -0.3 is 15.0 Å². The van der Waals surface area contributed by atoms with Crippen molar-refractivity contribution in [2.24, 2.45) is 4.40 Å². The first-order valence-corrected chi connectivity index (χ1v) is 11.7. The van der Waals surface area contributed by atoms with E-state index in [4.69, 9.17) is 4.74 Å². The number of methoxy groups -OCH3 is 1. The number of hydrogen-bond acceptors (Lipinski definition) is 6. The summed E-state index contributed by atoms with van der Waals surface area (Å²) < 4.78 is 32.5. The van der Waals surface area contributed by atoms with Gasteiger partial charge in [0.05, 0.1) is 24.6 Å². The molecule has 4 rings (SSSR count). The van der Waals surface area contributed by atoms with Crippen molar-refractivity contribution in [3.8, 4) is 5.75 Å². The van der Waals surface area contributed by atoms with Crippen LogP contribution in [0.2, 0.25) is 0 Å². The second-order valence-corrected chi connectivity index (χ2v) is 9.57. The predicted molar refractivity (Wildman–Crippen MR) is 114 cm³/mol. The molecule has 152 valence electrons. The summed E-state index contributed by atoms with van der Waals surface area (Å²) in [6, 6.07) is 12.9. The van der Waals surface area contributed by atoms with Crippen LogP contribution in [0, 0.1) is 0 Å². The summed E-state index contributed by atoms with van der Waals surface area (Å²) in [7, 11) is -1.78. The Balaban J connectivity index is 1.53. The largest absolute Gasteiger partial charge is 0.497 e. The van der Waals surface area contributed by atoms with E-state index in [-0.39, 0.29) is 17.7 Å². The van der Waals surface area contributed by atoms with Gasteiger partial charge in [-0.1, -0.05) is 19.1 Å². The first-order chi connectivity index (χ1) is 13.9. The Hall–Kier alpha value is -2.52. The van der Waals surface area contributed by atoms with Crippen LogP contribution in [0.1, 0.15) is 35.3 Å². The average Bonchev–Trinajstić information content (AvgIpc) is 3.07. The molecule has 9 heteroatoms. The molecule has 29 heavy (non-hydrogen) atoms. The molecule has 0 aromatic heterocycles. The molecule has 0 spiro atoms. The lowest BCUT2D eigenvalue weighted by molar-refractivity contribution is 0.0935. The van der Waals surface area contributed by atoms with Gasteiger partial charge in [-0.15, -0.1) is 4.40 Å². The van der Waals surface area contributed by atoms with Gasteiger partial charge in [-0.2, -0.15) is 0 Å². The van der Waals surface area contributed by atoms with Crippen molar-refractivity contribution in [2.45, 2.75) is 24.3 Å². The molecule has 2 aromatic carbocycles. The number of anilines is 1. The monoisotopic (exact) mass is 431 g/mol. The minimum atomic E-state index is -3.40. The van der Waals surface area contributed by atoms with E-state index in [0.717, 1.165) is 28.3 Å². The van der Waals surface area contributed by atoms with E-state index in [0.29, 0.717) is 17.3 Å². The predicted octanol–water partition coefficient (Wildman–Crippen LogP) is 3.19. The highest BCUT2D eigenvalue weighted by molar-refractivity contribution is 8.15. The van der Waals surface area contributed by atoms with Crippen molar-refractivity contribution < 1.29 is 17.9 Å². The Kier molecular flexibility index (Phi) is 5.26. The van der Waals surface area contributed by atoms with Gasteiger partial charge >= 0.3 is 0 Å². The lowest BCUT2D eigenvalue weighted by atomic mass is 10.0. The molecule has 0 bridgehead atoms. The number of amides is 1. The van der Waals surface area contributed by atoms with Crippen LogP contribution in [-0.4, -0.2) is 38.9 Å². The number of carbonyl (C=O) groups is 1. The van der Waals surface area contributed by atoms with Crippen LogP contribution in [0.25, 0.3) is 0 Å². The molecule has 0 fully saturated rings. The number of nitrogens with zero attached hydrogens (tertiary/aromatic N) is 2. The molecule has 1 N–H and O–H groups in total. The minimum Gasteiger partial charge on any atom is -0.497 e. The van der Waals surface area contributed by atoms with Crippen molar-refractivity contribution >= 4 is 38.5 Å². The smallest absolute Gasteiger partial charge is 0.257 e. The highest BCUT2D eigenvalue weighted by Crippen LogP contribution is 2.42.